The van der Waals surface area contributed by atoms with Crippen molar-refractivity contribution in [2.24, 2.45) is 0 Å². The first-order valence-electron chi connectivity index (χ1n) is 5.72. The second kappa shape index (κ2) is 5.32. The molecule has 98 valence electrons. The number of aromatic nitrogens is 2. The highest BCUT2D eigenvalue weighted by molar-refractivity contribution is 7.99. The molecule has 0 fully saturated rings. The molecule has 1 aromatic carbocycles. The van der Waals surface area contributed by atoms with Crippen LogP contribution in [0.1, 0.15) is 19.7 Å². The van der Waals surface area contributed by atoms with Gasteiger partial charge < -0.3 is 4.57 Å². The van der Waals surface area contributed by atoms with Gasteiger partial charge in [-0.25, -0.2) is 4.98 Å². The summed E-state index contributed by atoms with van der Waals surface area (Å²) in [5.74, 6) is 1.31. The fourth-order valence-corrected chi connectivity index (χ4v) is 2.50. The van der Waals surface area contributed by atoms with Crippen LogP contribution in [0.4, 0.5) is 0 Å². The van der Waals surface area contributed by atoms with E-state index in [1.807, 2.05) is 30.0 Å². The van der Waals surface area contributed by atoms with Crippen LogP contribution in [0.15, 0.2) is 18.2 Å². The fourth-order valence-electron chi connectivity index (χ4n) is 1.87. The lowest BCUT2D eigenvalue weighted by Crippen LogP contribution is -2.23. The van der Waals surface area contributed by atoms with E-state index in [0.717, 1.165) is 28.4 Å². The molecule has 1 heterocycles. The maximum absolute atomic E-state index is 6.07. The molecule has 0 amide bonds. The first-order chi connectivity index (χ1) is 8.46. The summed E-state index contributed by atoms with van der Waals surface area (Å²) in [6, 6.07) is 5.76. The Bertz CT molecular complexity index is 563. The molecule has 0 unspecified atom stereocenters. The van der Waals surface area contributed by atoms with Gasteiger partial charge in [-0.1, -0.05) is 11.6 Å². The monoisotopic (exact) mass is 302 g/mol. The van der Waals surface area contributed by atoms with Crippen molar-refractivity contribution in [3.05, 3.63) is 29.0 Å². The lowest BCUT2D eigenvalue weighted by Gasteiger charge is -2.24. The van der Waals surface area contributed by atoms with Crippen LogP contribution in [0.5, 0.6) is 0 Å². The van der Waals surface area contributed by atoms with Crippen LogP contribution in [0, 0.1) is 0 Å². The molecule has 0 saturated carbocycles. The Morgan fingerprint density at radius 1 is 1.39 bits per heavy atom. The van der Waals surface area contributed by atoms with Crippen molar-refractivity contribution in [3.8, 4) is 0 Å². The number of halogens is 2. The summed E-state index contributed by atoms with van der Waals surface area (Å²) in [5.41, 5.74) is 2.01. The topological polar surface area (TPSA) is 17.8 Å². The summed E-state index contributed by atoms with van der Waals surface area (Å²) >= 11 is 13.9. The number of fused-ring (bicyclic) bond motifs is 1. The zero-order valence-corrected chi connectivity index (χ0v) is 13.0. The molecule has 1 aromatic heterocycles. The molecular weight excluding hydrogens is 287 g/mol. The van der Waals surface area contributed by atoms with Gasteiger partial charge in [0.2, 0.25) is 0 Å². The van der Waals surface area contributed by atoms with Gasteiger partial charge in [-0.15, -0.1) is 11.6 Å². The van der Waals surface area contributed by atoms with Gasteiger partial charge in [0, 0.05) is 16.3 Å². The van der Waals surface area contributed by atoms with Crippen LogP contribution in [-0.2, 0) is 12.4 Å². The van der Waals surface area contributed by atoms with E-state index in [-0.39, 0.29) is 4.75 Å². The molecule has 0 spiro atoms. The minimum Gasteiger partial charge on any atom is -0.326 e. The van der Waals surface area contributed by atoms with Crippen LogP contribution >= 0.6 is 35.0 Å². The van der Waals surface area contributed by atoms with Gasteiger partial charge in [0.1, 0.15) is 5.82 Å². The minimum absolute atomic E-state index is 0.136. The minimum atomic E-state index is 0.136. The van der Waals surface area contributed by atoms with Gasteiger partial charge in [-0.2, -0.15) is 11.8 Å². The Morgan fingerprint density at radius 3 is 2.72 bits per heavy atom. The van der Waals surface area contributed by atoms with Crippen LogP contribution in [0.25, 0.3) is 11.0 Å². The summed E-state index contributed by atoms with van der Waals surface area (Å²) < 4.78 is 2.31. The maximum atomic E-state index is 6.07. The zero-order valence-electron chi connectivity index (χ0n) is 10.7. The molecule has 0 aliphatic heterocycles. The summed E-state index contributed by atoms with van der Waals surface area (Å²) in [4.78, 5) is 4.55. The van der Waals surface area contributed by atoms with E-state index in [2.05, 4.69) is 29.7 Å². The third kappa shape index (κ3) is 2.79. The van der Waals surface area contributed by atoms with Crippen LogP contribution in [0.3, 0.4) is 0 Å². The van der Waals surface area contributed by atoms with E-state index in [4.69, 9.17) is 23.2 Å². The highest BCUT2D eigenvalue weighted by Crippen LogP contribution is 2.28. The summed E-state index contributed by atoms with van der Waals surface area (Å²) in [5, 5.41) is 0.728. The number of hydrogen-bond acceptors (Lipinski definition) is 2. The van der Waals surface area contributed by atoms with E-state index in [1.54, 1.807) is 0 Å². The largest absolute Gasteiger partial charge is 0.326 e. The predicted octanol–water partition coefficient (Wildman–Crippen LogP) is 4.57. The molecule has 18 heavy (non-hydrogen) atoms. The number of nitrogens with zero attached hydrogens (tertiary/aromatic N) is 2. The maximum Gasteiger partial charge on any atom is 0.124 e. The lowest BCUT2D eigenvalue weighted by atomic mass is 10.2. The number of thioether (sulfide) groups is 1. The second-order valence-corrected chi connectivity index (χ2v) is 7.06. The van der Waals surface area contributed by atoms with Gasteiger partial charge in [-0.3, -0.25) is 0 Å². The quantitative estimate of drug-likeness (QED) is 0.770. The molecule has 2 rings (SSSR count). The van der Waals surface area contributed by atoms with E-state index < -0.39 is 0 Å². The number of alkyl halides is 1. The number of benzene rings is 1. The Morgan fingerprint density at radius 2 is 2.11 bits per heavy atom. The highest BCUT2D eigenvalue weighted by Gasteiger charge is 2.20. The summed E-state index contributed by atoms with van der Waals surface area (Å²) in [7, 11) is 0. The number of hydrogen-bond donors (Lipinski definition) is 0. The van der Waals surface area contributed by atoms with E-state index in [1.165, 1.54) is 0 Å². The Labute approximate surface area is 122 Å². The smallest absolute Gasteiger partial charge is 0.124 e. The lowest BCUT2D eigenvalue weighted by molar-refractivity contribution is 0.566. The molecule has 2 nitrogen and oxygen atoms in total. The van der Waals surface area contributed by atoms with Crippen molar-refractivity contribution >= 4 is 46.0 Å². The van der Waals surface area contributed by atoms with Crippen LogP contribution < -0.4 is 0 Å². The van der Waals surface area contributed by atoms with Crippen molar-refractivity contribution in [2.75, 3.05) is 6.26 Å². The number of imidazole rings is 1. The first-order valence-corrected chi connectivity index (χ1v) is 7.86. The molecule has 0 atom stereocenters. The van der Waals surface area contributed by atoms with Crippen molar-refractivity contribution in [1.29, 1.82) is 0 Å². The van der Waals surface area contributed by atoms with E-state index in [9.17, 15) is 0 Å². The SMILES string of the molecule is CSC(C)(C)Cn1c(CCl)nc2ccc(Cl)cc21. The molecule has 0 aliphatic rings. The first kappa shape index (κ1) is 14.0. The molecule has 5 heteroatoms. The van der Waals surface area contributed by atoms with Crippen molar-refractivity contribution in [2.45, 2.75) is 31.0 Å². The Hall–Kier alpha value is -0.380. The number of rotatable bonds is 4. The Balaban J connectivity index is 2.55. The van der Waals surface area contributed by atoms with Crippen molar-refractivity contribution in [3.63, 3.8) is 0 Å². The van der Waals surface area contributed by atoms with Gasteiger partial charge in [0.15, 0.2) is 0 Å². The molecule has 2 aromatic rings. The van der Waals surface area contributed by atoms with Gasteiger partial charge in [0.25, 0.3) is 0 Å². The van der Waals surface area contributed by atoms with E-state index >= 15 is 0 Å². The molecule has 0 saturated heterocycles. The fraction of sp³-hybridized carbons (Fsp3) is 0.462. The molecular formula is C13H16Cl2N2S. The van der Waals surface area contributed by atoms with Crippen LogP contribution in [0.2, 0.25) is 5.02 Å². The highest BCUT2D eigenvalue weighted by atomic mass is 35.5. The normalized spacial score (nSPS) is 12.3. The van der Waals surface area contributed by atoms with Gasteiger partial charge in [0.05, 0.1) is 16.9 Å². The Kier molecular flexibility index (Phi) is 4.15. The van der Waals surface area contributed by atoms with Crippen LogP contribution in [-0.4, -0.2) is 20.6 Å². The predicted molar refractivity (Wildman–Crippen MR) is 81.9 cm³/mol. The summed E-state index contributed by atoms with van der Waals surface area (Å²) in [6.07, 6.45) is 2.12. The summed E-state index contributed by atoms with van der Waals surface area (Å²) in [6.45, 7) is 5.30. The van der Waals surface area contributed by atoms with Gasteiger partial charge >= 0.3 is 0 Å². The van der Waals surface area contributed by atoms with E-state index in [0.29, 0.717) is 5.88 Å². The van der Waals surface area contributed by atoms with Crippen molar-refractivity contribution in [1.82, 2.24) is 9.55 Å². The van der Waals surface area contributed by atoms with Gasteiger partial charge in [-0.05, 0) is 38.3 Å². The third-order valence-corrected chi connectivity index (χ3v) is 4.71. The van der Waals surface area contributed by atoms with Crippen molar-refractivity contribution < 1.29 is 0 Å². The second-order valence-electron chi connectivity index (χ2n) is 4.84. The third-order valence-electron chi connectivity index (χ3n) is 3.00. The molecule has 0 aliphatic carbocycles. The average Bonchev–Trinajstić information content (AvgIpc) is 2.67. The average molecular weight is 303 g/mol. The standard InChI is InChI=1S/C13H16Cl2N2S/c1-13(2,18-3)8-17-11-6-9(15)4-5-10(11)16-12(17)7-14/h4-6H,7-8H2,1-3H3. The zero-order chi connectivity index (χ0) is 13.3. The molecule has 0 bridgehead atoms. The molecule has 0 radical (unpaired) electrons. The molecule has 0 N–H and O–H groups in total.